The van der Waals surface area contributed by atoms with E-state index >= 15 is 0 Å². The van der Waals surface area contributed by atoms with Gasteiger partial charge in [0.1, 0.15) is 5.75 Å². The van der Waals surface area contributed by atoms with Crippen LogP contribution < -0.4 is 10.1 Å². The van der Waals surface area contributed by atoms with Crippen molar-refractivity contribution in [3.8, 4) is 5.75 Å². The summed E-state index contributed by atoms with van der Waals surface area (Å²) in [6.45, 7) is 9.45. The number of carbonyl (C=O) groups excluding carboxylic acids is 1. The highest BCUT2D eigenvalue weighted by atomic mass is 16.5. The number of benzene rings is 1. The Balaban J connectivity index is 2.01. The minimum atomic E-state index is -0.0686. The number of piperidine rings is 1. The van der Waals surface area contributed by atoms with E-state index in [9.17, 15) is 4.79 Å². The summed E-state index contributed by atoms with van der Waals surface area (Å²) < 4.78 is 10.5. The Morgan fingerprint density at radius 2 is 2.00 bits per heavy atom. The molecule has 2 rings (SSSR count). The van der Waals surface area contributed by atoms with E-state index in [1.165, 1.54) is 0 Å². The Morgan fingerprint density at radius 3 is 2.62 bits per heavy atom. The van der Waals surface area contributed by atoms with Gasteiger partial charge in [0.2, 0.25) is 0 Å². The normalized spacial score (nSPS) is 15.7. The number of ether oxygens (including phenoxy) is 2. The lowest BCUT2D eigenvalue weighted by molar-refractivity contribution is -0.149. The average Bonchev–Trinajstić information content (AvgIpc) is 2.65. The number of hydrogen-bond acceptors (Lipinski definition) is 4. The van der Waals surface area contributed by atoms with Gasteiger partial charge >= 0.3 is 5.97 Å². The van der Waals surface area contributed by atoms with Gasteiger partial charge in [-0.3, -0.25) is 4.79 Å². The van der Waals surface area contributed by atoms with Gasteiger partial charge in [-0.15, -0.1) is 0 Å². The Kier molecular flexibility index (Phi) is 7.75. The molecular formula is C20H31N3O3. The average molecular weight is 361 g/mol. The number of rotatable bonds is 6. The van der Waals surface area contributed by atoms with Crippen molar-refractivity contribution in [2.75, 3.05) is 33.4 Å². The van der Waals surface area contributed by atoms with Crippen molar-refractivity contribution in [2.24, 2.45) is 10.9 Å². The fraction of sp³-hybridized carbons (Fsp3) is 0.600. The van der Waals surface area contributed by atoms with E-state index in [0.717, 1.165) is 55.3 Å². The molecule has 0 atom stereocenters. The molecule has 0 aliphatic carbocycles. The maximum absolute atomic E-state index is 11.9. The van der Waals surface area contributed by atoms with E-state index in [4.69, 9.17) is 14.5 Å². The summed E-state index contributed by atoms with van der Waals surface area (Å²) in [6, 6.07) is 6.16. The fourth-order valence-electron chi connectivity index (χ4n) is 3.21. The fourth-order valence-corrected chi connectivity index (χ4v) is 3.21. The largest absolute Gasteiger partial charge is 0.497 e. The van der Waals surface area contributed by atoms with Crippen LogP contribution in [-0.4, -0.2) is 50.2 Å². The van der Waals surface area contributed by atoms with Gasteiger partial charge in [-0.25, -0.2) is 4.99 Å². The first kappa shape index (κ1) is 20.1. The molecule has 0 saturated carbocycles. The lowest BCUT2D eigenvalue weighted by Crippen LogP contribution is -2.46. The van der Waals surface area contributed by atoms with Gasteiger partial charge in [0, 0.05) is 19.6 Å². The molecule has 1 fully saturated rings. The highest BCUT2D eigenvalue weighted by molar-refractivity contribution is 5.80. The topological polar surface area (TPSA) is 63.2 Å². The van der Waals surface area contributed by atoms with Crippen LogP contribution in [-0.2, 0) is 16.1 Å². The van der Waals surface area contributed by atoms with Crippen molar-refractivity contribution in [2.45, 2.75) is 40.2 Å². The predicted octanol–water partition coefficient (Wildman–Crippen LogP) is 2.74. The first-order valence-corrected chi connectivity index (χ1v) is 9.41. The van der Waals surface area contributed by atoms with E-state index in [1.54, 1.807) is 7.11 Å². The van der Waals surface area contributed by atoms with Crippen molar-refractivity contribution >= 4 is 11.9 Å². The van der Waals surface area contributed by atoms with Crippen molar-refractivity contribution in [1.82, 2.24) is 10.2 Å². The Bertz CT molecular complexity index is 623. The number of esters is 1. The van der Waals surface area contributed by atoms with E-state index in [-0.39, 0.29) is 11.9 Å². The molecule has 144 valence electrons. The number of nitrogens with one attached hydrogen (secondary N) is 1. The second kappa shape index (κ2) is 10.0. The summed E-state index contributed by atoms with van der Waals surface area (Å²) in [5, 5.41) is 3.36. The molecule has 0 unspecified atom stereocenters. The summed E-state index contributed by atoms with van der Waals surface area (Å²) in [4.78, 5) is 18.9. The molecule has 0 spiro atoms. The van der Waals surface area contributed by atoms with Crippen molar-refractivity contribution in [1.29, 1.82) is 0 Å². The second-order valence-corrected chi connectivity index (χ2v) is 6.54. The zero-order chi connectivity index (χ0) is 18.9. The Morgan fingerprint density at radius 1 is 1.27 bits per heavy atom. The summed E-state index contributed by atoms with van der Waals surface area (Å²) >= 11 is 0. The summed E-state index contributed by atoms with van der Waals surface area (Å²) in [6.07, 6.45) is 1.61. The van der Waals surface area contributed by atoms with Crippen LogP contribution in [0, 0.1) is 12.8 Å². The zero-order valence-electron chi connectivity index (χ0n) is 16.4. The molecule has 0 aromatic heterocycles. The number of guanidine groups is 1. The quantitative estimate of drug-likeness (QED) is 0.479. The second-order valence-electron chi connectivity index (χ2n) is 6.54. The van der Waals surface area contributed by atoms with E-state index in [2.05, 4.69) is 30.1 Å². The van der Waals surface area contributed by atoms with Crippen molar-refractivity contribution in [3.63, 3.8) is 0 Å². The van der Waals surface area contributed by atoms with Crippen LogP contribution in [0.2, 0.25) is 0 Å². The first-order valence-electron chi connectivity index (χ1n) is 9.41. The number of aryl methyl sites for hydroxylation is 1. The maximum atomic E-state index is 11.9. The molecule has 1 aromatic carbocycles. The minimum Gasteiger partial charge on any atom is -0.497 e. The van der Waals surface area contributed by atoms with Crippen LogP contribution in [0.4, 0.5) is 0 Å². The monoisotopic (exact) mass is 361 g/mol. The molecule has 0 radical (unpaired) electrons. The van der Waals surface area contributed by atoms with Gasteiger partial charge in [-0.05, 0) is 56.9 Å². The molecule has 6 heteroatoms. The van der Waals surface area contributed by atoms with E-state index in [0.29, 0.717) is 13.2 Å². The van der Waals surface area contributed by atoms with Crippen LogP contribution in [0.15, 0.2) is 23.2 Å². The summed E-state index contributed by atoms with van der Waals surface area (Å²) in [7, 11) is 1.68. The molecule has 1 heterocycles. The number of hydrogen-bond donors (Lipinski definition) is 1. The maximum Gasteiger partial charge on any atom is 0.309 e. The molecule has 6 nitrogen and oxygen atoms in total. The molecule has 1 N–H and O–H groups in total. The molecule has 0 bridgehead atoms. The van der Waals surface area contributed by atoms with Crippen LogP contribution in [0.3, 0.4) is 0 Å². The number of nitrogens with zero attached hydrogens (tertiary/aromatic N) is 2. The van der Waals surface area contributed by atoms with Gasteiger partial charge in [0.15, 0.2) is 5.96 Å². The highest BCUT2D eigenvalue weighted by Crippen LogP contribution is 2.20. The van der Waals surface area contributed by atoms with Gasteiger partial charge in [-0.1, -0.05) is 6.07 Å². The summed E-state index contributed by atoms with van der Waals surface area (Å²) in [5.41, 5.74) is 2.29. The van der Waals surface area contributed by atoms with Crippen LogP contribution >= 0.6 is 0 Å². The molecular weight excluding hydrogens is 330 g/mol. The molecule has 26 heavy (non-hydrogen) atoms. The predicted molar refractivity (Wildman–Crippen MR) is 103 cm³/mol. The van der Waals surface area contributed by atoms with Crippen LogP contribution in [0.25, 0.3) is 0 Å². The summed E-state index contributed by atoms with van der Waals surface area (Å²) in [5.74, 6) is 1.70. The molecule has 1 aliphatic rings. The Labute approximate surface area is 156 Å². The molecule has 1 aliphatic heterocycles. The molecule has 0 amide bonds. The third kappa shape index (κ3) is 5.64. The van der Waals surface area contributed by atoms with Gasteiger partial charge in [0.05, 0.1) is 26.2 Å². The standard InChI is InChI=1S/C20H31N3O3/c1-5-21-20(22-14-16-11-15(3)12-18(13-16)25-4)23-9-7-17(8-10-23)19(24)26-6-2/h11-13,17H,5-10,14H2,1-4H3,(H,21,22). The van der Waals surface area contributed by atoms with Crippen molar-refractivity contribution in [3.05, 3.63) is 29.3 Å². The van der Waals surface area contributed by atoms with E-state index < -0.39 is 0 Å². The number of carbonyl (C=O) groups is 1. The molecule has 1 aromatic rings. The number of methoxy groups -OCH3 is 1. The minimum absolute atomic E-state index is 0.00936. The van der Waals surface area contributed by atoms with Gasteiger partial charge in [-0.2, -0.15) is 0 Å². The van der Waals surface area contributed by atoms with Gasteiger partial charge < -0.3 is 19.7 Å². The molecule has 1 saturated heterocycles. The van der Waals surface area contributed by atoms with Gasteiger partial charge in [0.25, 0.3) is 0 Å². The first-order chi connectivity index (χ1) is 12.6. The van der Waals surface area contributed by atoms with Crippen LogP contribution in [0.5, 0.6) is 5.75 Å². The lowest BCUT2D eigenvalue weighted by Gasteiger charge is -2.33. The Hall–Kier alpha value is -2.24. The SMILES string of the molecule is CCNC(=NCc1cc(C)cc(OC)c1)N1CCC(C(=O)OCC)CC1. The zero-order valence-corrected chi connectivity index (χ0v) is 16.4. The smallest absolute Gasteiger partial charge is 0.309 e. The highest BCUT2D eigenvalue weighted by Gasteiger charge is 2.27. The number of likely N-dealkylation sites (tertiary alicyclic amines) is 1. The third-order valence-electron chi connectivity index (χ3n) is 4.51. The van der Waals surface area contributed by atoms with Crippen LogP contribution in [0.1, 0.15) is 37.8 Å². The van der Waals surface area contributed by atoms with E-state index in [1.807, 2.05) is 19.1 Å². The van der Waals surface area contributed by atoms with Crippen molar-refractivity contribution < 1.29 is 14.3 Å². The lowest BCUT2D eigenvalue weighted by atomic mass is 9.97. The number of aliphatic imine (C=N–C) groups is 1. The third-order valence-corrected chi connectivity index (χ3v) is 4.51.